The first-order chi connectivity index (χ1) is 14.1. The van der Waals surface area contributed by atoms with Gasteiger partial charge < -0.3 is 9.08 Å². The molecule has 1 aromatic heterocycles. The third-order valence-electron chi connectivity index (χ3n) is 4.59. The summed E-state index contributed by atoms with van der Waals surface area (Å²) in [5.74, 6) is 0.944. The van der Waals surface area contributed by atoms with Gasteiger partial charge in [0.2, 0.25) is 0 Å². The minimum absolute atomic E-state index is 0.131. The van der Waals surface area contributed by atoms with E-state index in [1.54, 1.807) is 12.1 Å². The Morgan fingerprint density at radius 3 is 2.60 bits per heavy atom. The fraction of sp³-hybridized carbons (Fsp3) is 0.474. The number of fused-ring (bicyclic) bond motifs is 1. The van der Waals surface area contributed by atoms with Gasteiger partial charge >= 0.3 is 16.3 Å². The highest BCUT2D eigenvalue weighted by Gasteiger charge is 2.32. The average molecular weight is 462 g/mol. The SMILES string of the molecule is CS(=O)(=O)Oc1ccc2c(c1)CCN(CCCSc1nccc(C(F)(F)F)n1)CC2. The highest BCUT2D eigenvalue weighted by atomic mass is 32.2. The first-order valence-electron chi connectivity index (χ1n) is 9.37. The van der Waals surface area contributed by atoms with Crippen LogP contribution in [-0.2, 0) is 29.1 Å². The fourth-order valence-corrected chi connectivity index (χ4v) is 4.43. The predicted molar refractivity (Wildman–Crippen MR) is 108 cm³/mol. The molecule has 0 amide bonds. The van der Waals surface area contributed by atoms with E-state index in [0.29, 0.717) is 11.5 Å². The molecule has 0 aliphatic carbocycles. The molecular formula is C19H22F3N3O3S2. The maximum atomic E-state index is 12.7. The van der Waals surface area contributed by atoms with E-state index >= 15 is 0 Å². The van der Waals surface area contributed by atoms with Crippen molar-refractivity contribution < 1.29 is 25.8 Å². The lowest BCUT2D eigenvalue weighted by atomic mass is 10.0. The molecule has 0 N–H and O–H groups in total. The van der Waals surface area contributed by atoms with Crippen LogP contribution in [0.25, 0.3) is 0 Å². The topological polar surface area (TPSA) is 72.4 Å². The van der Waals surface area contributed by atoms with Crippen molar-refractivity contribution in [2.45, 2.75) is 30.6 Å². The molecule has 0 bridgehead atoms. The smallest absolute Gasteiger partial charge is 0.383 e. The summed E-state index contributed by atoms with van der Waals surface area (Å²) in [7, 11) is -3.56. The van der Waals surface area contributed by atoms with Crippen molar-refractivity contribution in [3.05, 3.63) is 47.3 Å². The van der Waals surface area contributed by atoms with Crippen molar-refractivity contribution >= 4 is 21.9 Å². The Balaban J connectivity index is 1.47. The van der Waals surface area contributed by atoms with Gasteiger partial charge in [0.1, 0.15) is 11.4 Å². The molecule has 1 aromatic carbocycles. The third kappa shape index (κ3) is 6.85. The van der Waals surface area contributed by atoms with E-state index in [0.717, 1.165) is 63.0 Å². The van der Waals surface area contributed by atoms with E-state index in [1.807, 2.05) is 6.07 Å². The number of halogens is 3. The van der Waals surface area contributed by atoms with Gasteiger partial charge in [0.25, 0.3) is 0 Å². The van der Waals surface area contributed by atoms with Crippen LogP contribution in [0, 0.1) is 0 Å². The second-order valence-electron chi connectivity index (χ2n) is 6.98. The van der Waals surface area contributed by atoms with E-state index in [1.165, 1.54) is 17.3 Å². The Kier molecular flexibility index (Phi) is 7.25. The molecule has 0 unspecified atom stereocenters. The van der Waals surface area contributed by atoms with E-state index in [9.17, 15) is 21.6 Å². The first-order valence-corrected chi connectivity index (χ1v) is 12.2. The maximum Gasteiger partial charge on any atom is 0.433 e. The molecule has 0 atom stereocenters. The number of thioether (sulfide) groups is 1. The summed E-state index contributed by atoms with van der Waals surface area (Å²) in [6, 6.07) is 6.22. The Labute approximate surface area is 178 Å². The van der Waals surface area contributed by atoms with Gasteiger partial charge in [-0.25, -0.2) is 9.97 Å². The molecule has 11 heteroatoms. The number of rotatable bonds is 7. The Morgan fingerprint density at radius 1 is 1.17 bits per heavy atom. The zero-order valence-electron chi connectivity index (χ0n) is 16.4. The van der Waals surface area contributed by atoms with E-state index in [4.69, 9.17) is 4.18 Å². The molecule has 30 heavy (non-hydrogen) atoms. The number of hydrogen-bond acceptors (Lipinski definition) is 7. The van der Waals surface area contributed by atoms with E-state index in [2.05, 4.69) is 14.9 Å². The summed E-state index contributed by atoms with van der Waals surface area (Å²) in [6.07, 6.45) is 0.0991. The molecule has 0 saturated carbocycles. The molecule has 3 rings (SSSR count). The summed E-state index contributed by atoms with van der Waals surface area (Å²) in [6.45, 7) is 2.50. The number of benzene rings is 1. The van der Waals surface area contributed by atoms with Crippen molar-refractivity contribution in [3.8, 4) is 5.75 Å². The van der Waals surface area contributed by atoms with Crippen LogP contribution in [0.1, 0.15) is 23.2 Å². The minimum Gasteiger partial charge on any atom is -0.383 e. The zero-order chi connectivity index (χ0) is 21.8. The van der Waals surface area contributed by atoms with Gasteiger partial charge in [-0.2, -0.15) is 21.6 Å². The lowest BCUT2D eigenvalue weighted by molar-refractivity contribution is -0.141. The van der Waals surface area contributed by atoms with Gasteiger partial charge in [-0.05, 0) is 55.1 Å². The van der Waals surface area contributed by atoms with Crippen molar-refractivity contribution in [2.75, 3.05) is 31.6 Å². The van der Waals surface area contributed by atoms with Crippen molar-refractivity contribution in [3.63, 3.8) is 0 Å². The summed E-state index contributed by atoms with van der Waals surface area (Å²) >= 11 is 1.22. The Morgan fingerprint density at radius 2 is 1.90 bits per heavy atom. The largest absolute Gasteiger partial charge is 0.433 e. The molecule has 0 saturated heterocycles. The van der Waals surface area contributed by atoms with Crippen LogP contribution >= 0.6 is 11.8 Å². The molecule has 2 heterocycles. The lowest BCUT2D eigenvalue weighted by Gasteiger charge is -2.19. The van der Waals surface area contributed by atoms with Crippen LogP contribution in [0.5, 0.6) is 5.75 Å². The molecule has 1 aliphatic heterocycles. The first kappa shape index (κ1) is 22.8. The molecule has 1 aliphatic rings. The second kappa shape index (κ2) is 9.52. The highest BCUT2D eigenvalue weighted by molar-refractivity contribution is 7.99. The van der Waals surface area contributed by atoms with E-state index < -0.39 is 22.0 Å². The van der Waals surface area contributed by atoms with Crippen LogP contribution < -0.4 is 4.18 Å². The predicted octanol–water partition coefficient (Wildman–Crippen LogP) is 3.42. The monoisotopic (exact) mass is 461 g/mol. The van der Waals surface area contributed by atoms with Crippen LogP contribution in [0.15, 0.2) is 35.6 Å². The number of hydrogen-bond donors (Lipinski definition) is 0. The highest BCUT2D eigenvalue weighted by Crippen LogP contribution is 2.28. The molecule has 0 radical (unpaired) electrons. The van der Waals surface area contributed by atoms with Crippen molar-refractivity contribution in [1.82, 2.24) is 14.9 Å². The average Bonchev–Trinajstić information content (AvgIpc) is 2.86. The van der Waals surface area contributed by atoms with Crippen LogP contribution in [0.2, 0.25) is 0 Å². The number of nitrogens with zero attached hydrogens (tertiary/aromatic N) is 3. The maximum absolute atomic E-state index is 12.7. The van der Waals surface area contributed by atoms with Crippen LogP contribution in [-0.4, -0.2) is 54.9 Å². The lowest BCUT2D eigenvalue weighted by Crippen LogP contribution is -2.27. The van der Waals surface area contributed by atoms with Crippen LogP contribution in [0.4, 0.5) is 13.2 Å². The number of alkyl halides is 3. The molecule has 164 valence electrons. The standard InChI is InChI=1S/C19H22F3N3O3S2/c1-30(26,27)28-16-4-3-14-6-10-25(11-7-15(14)13-16)9-2-12-29-18-23-8-5-17(24-18)19(20,21)22/h3-5,8,13H,2,6-7,9-12H2,1H3. The summed E-state index contributed by atoms with van der Waals surface area (Å²) < 4.78 is 65.7. The Bertz CT molecular complexity index is 984. The van der Waals surface area contributed by atoms with Gasteiger partial charge in [-0.15, -0.1) is 0 Å². The van der Waals surface area contributed by atoms with Gasteiger partial charge in [-0.1, -0.05) is 17.8 Å². The van der Waals surface area contributed by atoms with E-state index in [-0.39, 0.29) is 5.16 Å². The van der Waals surface area contributed by atoms with Crippen molar-refractivity contribution in [2.24, 2.45) is 0 Å². The summed E-state index contributed by atoms with van der Waals surface area (Å²) in [4.78, 5) is 9.76. The van der Waals surface area contributed by atoms with Crippen LogP contribution in [0.3, 0.4) is 0 Å². The second-order valence-corrected chi connectivity index (χ2v) is 9.62. The molecule has 2 aromatic rings. The molecule has 0 fully saturated rings. The zero-order valence-corrected chi connectivity index (χ0v) is 18.0. The molecule has 6 nitrogen and oxygen atoms in total. The molecule has 0 spiro atoms. The van der Waals surface area contributed by atoms with Gasteiger partial charge in [-0.3, -0.25) is 0 Å². The van der Waals surface area contributed by atoms with Gasteiger partial charge in [0.05, 0.1) is 6.26 Å². The third-order valence-corrected chi connectivity index (χ3v) is 6.04. The minimum atomic E-state index is -4.47. The van der Waals surface area contributed by atoms with Gasteiger partial charge in [0.15, 0.2) is 5.16 Å². The summed E-state index contributed by atoms with van der Waals surface area (Å²) in [5, 5.41) is 0.131. The Hall–Kier alpha value is -1.85. The summed E-state index contributed by atoms with van der Waals surface area (Å²) in [5.41, 5.74) is 1.32. The fourth-order valence-electron chi connectivity index (χ4n) is 3.22. The normalized spacial score (nSPS) is 15.5. The van der Waals surface area contributed by atoms with Crippen molar-refractivity contribution in [1.29, 1.82) is 0 Å². The molecular weight excluding hydrogens is 439 g/mol. The quantitative estimate of drug-likeness (QED) is 0.271. The number of aromatic nitrogens is 2. The van der Waals surface area contributed by atoms with Gasteiger partial charge in [0, 0.05) is 25.0 Å².